The molecule has 0 spiro atoms. The van der Waals surface area contributed by atoms with Gasteiger partial charge in [-0.1, -0.05) is 12.1 Å². The number of nitrogens with one attached hydrogen (secondary N) is 1. The molecule has 1 amide bonds. The number of nitriles is 1. The molecule has 0 unspecified atom stereocenters. The fourth-order valence-electron chi connectivity index (χ4n) is 2.84. The molecular formula is C20H19N5O. The maximum atomic E-state index is 12.4. The molecule has 26 heavy (non-hydrogen) atoms. The Labute approximate surface area is 151 Å². The number of benzene rings is 2. The van der Waals surface area contributed by atoms with Crippen molar-refractivity contribution >= 4 is 22.7 Å². The van der Waals surface area contributed by atoms with Crippen molar-refractivity contribution in [3.05, 3.63) is 65.0 Å². The Kier molecular flexibility index (Phi) is 4.81. The molecule has 0 saturated carbocycles. The second kappa shape index (κ2) is 7.19. The summed E-state index contributed by atoms with van der Waals surface area (Å²) in [5, 5.41) is 13.0. The number of hydrogen-bond donors (Lipinski definition) is 1. The molecule has 0 radical (unpaired) electrons. The van der Waals surface area contributed by atoms with Crippen LogP contribution in [0.2, 0.25) is 0 Å². The zero-order chi connectivity index (χ0) is 18.7. The summed E-state index contributed by atoms with van der Waals surface area (Å²) in [6, 6.07) is 14.6. The summed E-state index contributed by atoms with van der Waals surface area (Å²) in [6.07, 6.45) is 0. The Morgan fingerprint density at radius 3 is 2.58 bits per heavy atom. The number of hydrazone groups is 1. The Balaban J connectivity index is 1.78. The van der Waals surface area contributed by atoms with Crippen LogP contribution in [0.3, 0.4) is 0 Å². The normalized spacial score (nSPS) is 11.4. The van der Waals surface area contributed by atoms with E-state index in [1.807, 2.05) is 13.0 Å². The maximum Gasteiger partial charge on any atom is 0.271 e. The van der Waals surface area contributed by atoms with E-state index in [2.05, 4.69) is 33.1 Å². The van der Waals surface area contributed by atoms with Crippen molar-refractivity contribution in [1.29, 1.82) is 5.26 Å². The van der Waals surface area contributed by atoms with Crippen LogP contribution in [-0.4, -0.2) is 21.2 Å². The van der Waals surface area contributed by atoms with Gasteiger partial charge in [-0.2, -0.15) is 10.4 Å². The molecule has 2 aromatic carbocycles. The summed E-state index contributed by atoms with van der Waals surface area (Å²) in [5.74, 6) is 0.637. The van der Waals surface area contributed by atoms with E-state index in [0.29, 0.717) is 16.8 Å². The number of carbonyl (C=O) groups excluding carboxylic acids is 1. The molecule has 1 heterocycles. The van der Waals surface area contributed by atoms with Gasteiger partial charge in [-0.15, -0.1) is 0 Å². The number of aryl methyl sites for hydroxylation is 2. The van der Waals surface area contributed by atoms with Crippen molar-refractivity contribution in [2.75, 3.05) is 0 Å². The third kappa shape index (κ3) is 3.33. The van der Waals surface area contributed by atoms with Gasteiger partial charge in [-0.3, -0.25) is 4.79 Å². The van der Waals surface area contributed by atoms with E-state index in [-0.39, 0.29) is 5.91 Å². The maximum absolute atomic E-state index is 12.4. The number of nitrogens with zero attached hydrogens (tertiary/aromatic N) is 4. The van der Waals surface area contributed by atoms with Gasteiger partial charge in [-0.25, -0.2) is 10.4 Å². The highest BCUT2D eigenvalue weighted by Gasteiger charge is 2.10. The third-order valence-electron chi connectivity index (χ3n) is 4.27. The number of amides is 1. The fourth-order valence-corrected chi connectivity index (χ4v) is 2.84. The summed E-state index contributed by atoms with van der Waals surface area (Å²) < 4.78 is 2.10. The minimum atomic E-state index is -0.288. The number of rotatable bonds is 4. The molecule has 0 aliphatic heterocycles. The molecule has 6 heteroatoms. The molecule has 1 aromatic heterocycles. The fraction of sp³-hybridized carbons (Fsp3) is 0.200. The van der Waals surface area contributed by atoms with Gasteiger partial charge in [-0.05, 0) is 56.7 Å². The minimum absolute atomic E-state index is 0.288. The minimum Gasteiger partial charge on any atom is -0.329 e. The molecule has 0 aliphatic rings. The first-order chi connectivity index (χ1) is 12.5. The van der Waals surface area contributed by atoms with Gasteiger partial charge in [0.2, 0.25) is 0 Å². The van der Waals surface area contributed by atoms with Gasteiger partial charge >= 0.3 is 0 Å². The van der Waals surface area contributed by atoms with E-state index >= 15 is 0 Å². The van der Waals surface area contributed by atoms with Crippen molar-refractivity contribution in [1.82, 2.24) is 15.0 Å². The van der Waals surface area contributed by atoms with Crippen molar-refractivity contribution < 1.29 is 4.79 Å². The number of imidazole rings is 1. The van der Waals surface area contributed by atoms with E-state index in [4.69, 9.17) is 5.26 Å². The number of fused-ring (bicyclic) bond motifs is 1. The second-order valence-corrected chi connectivity index (χ2v) is 5.93. The van der Waals surface area contributed by atoms with Crippen molar-refractivity contribution in [2.24, 2.45) is 5.10 Å². The molecule has 0 saturated heterocycles. The molecule has 3 rings (SSSR count). The van der Waals surface area contributed by atoms with Crippen LogP contribution in [0.25, 0.3) is 11.0 Å². The predicted octanol–water partition coefficient (Wildman–Crippen LogP) is 3.39. The van der Waals surface area contributed by atoms with E-state index in [9.17, 15) is 4.79 Å². The Morgan fingerprint density at radius 1 is 1.23 bits per heavy atom. The molecule has 1 N–H and O–H groups in total. The summed E-state index contributed by atoms with van der Waals surface area (Å²) in [6.45, 7) is 6.66. The van der Waals surface area contributed by atoms with Crippen LogP contribution in [0.5, 0.6) is 0 Å². The summed E-state index contributed by atoms with van der Waals surface area (Å²) in [5.41, 5.74) is 6.98. The van der Waals surface area contributed by atoms with E-state index in [0.717, 1.165) is 29.0 Å². The molecule has 6 nitrogen and oxygen atoms in total. The quantitative estimate of drug-likeness (QED) is 0.581. The van der Waals surface area contributed by atoms with Gasteiger partial charge in [0.15, 0.2) is 0 Å². The summed E-state index contributed by atoms with van der Waals surface area (Å²) in [7, 11) is 0. The van der Waals surface area contributed by atoms with Gasteiger partial charge < -0.3 is 4.57 Å². The van der Waals surface area contributed by atoms with E-state index in [1.54, 1.807) is 43.3 Å². The molecular weight excluding hydrogens is 326 g/mol. The van der Waals surface area contributed by atoms with E-state index in [1.165, 1.54) is 0 Å². The van der Waals surface area contributed by atoms with Crippen LogP contribution in [0, 0.1) is 18.3 Å². The first kappa shape index (κ1) is 17.4. The molecule has 0 fully saturated rings. The highest BCUT2D eigenvalue weighted by atomic mass is 16.2. The highest BCUT2D eigenvalue weighted by molar-refractivity contribution is 6.01. The SMILES string of the molecule is CCn1c(C)nc2cc(C(=O)NN=C(C)c3ccc(C#N)cc3)ccc21. The number of carbonyl (C=O) groups is 1. The Hall–Kier alpha value is -3.46. The van der Waals surface area contributed by atoms with Crippen LogP contribution in [-0.2, 0) is 6.54 Å². The van der Waals surface area contributed by atoms with Crippen molar-refractivity contribution in [3.8, 4) is 6.07 Å². The van der Waals surface area contributed by atoms with Crippen molar-refractivity contribution in [2.45, 2.75) is 27.3 Å². The lowest BCUT2D eigenvalue weighted by Gasteiger charge is -2.04. The Bertz CT molecular complexity index is 1040. The van der Waals surface area contributed by atoms with Crippen LogP contribution in [0.15, 0.2) is 47.6 Å². The van der Waals surface area contributed by atoms with E-state index < -0.39 is 0 Å². The first-order valence-electron chi connectivity index (χ1n) is 8.35. The predicted molar refractivity (Wildman–Crippen MR) is 101 cm³/mol. The lowest BCUT2D eigenvalue weighted by atomic mass is 10.1. The van der Waals surface area contributed by atoms with Gasteiger partial charge in [0, 0.05) is 12.1 Å². The zero-order valence-electron chi connectivity index (χ0n) is 14.9. The van der Waals surface area contributed by atoms with Gasteiger partial charge in [0.1, 0.15) is 5.82 Å². The zero-order valence-corrected chi connectivity index (χ0v) is 14.9. The lowest BCUT2D eigenvalue weighted by molar-refractivity contribution is 0.0955. The van der Waals surface area contributed by atoms with Crippen LogP contribution in [0.1, 0.15) is 41.2 Å². The molecule has 0 aliphatic carbocycles. The van der Waals surface area contributed by atoms with Gasteiger partial charge in [0.05, 0.1) is 28.4 Å². The smallest absolute Gasteiger partial charge is 0.271 e. The number of aromatic nitrogens is 2. The average Bonchev–Trinajstić information content (AvgIpc) is 2.99. The molecule has 0 bridgehead atoms. The highest BCUT2D eigenvalue weighted by Crippen LogP contribution is 2.17. The molecule has 3 aromatic rings. The standard InChI is InChI=1S/C20H19N5O/c1-4-25-14(3)22-18-11-17(9-10-19(18)25)20(26)24-23-13(2)16-7-5-15(12-21)6-8-16/h5-11H,4H2,1-3H3,(H,24,26). The average molecular weight is 345 g/mol. The summed E-state index contributed by atoms with van der Waals surface area (Å²) >= 11 is 0. The molecule has 130 valence electrons. The third-order valence-corrected chi connectivity index (χ3v) is 4.27. The van der Waals surface area contributed by atoms with Gasteiger partial charge in [0.25, 0.3) is 5.91 Å². The first-order valence-corrected chi connectivity index (χ1v) is 8.35. The van der Waals surface area contributed by atoms with Crippen LogP contribution < -0.4 is 5.43 Å². The van der Waals surface area contributed by atoms with Crippen molar-refractivity contribution in [3.63, 3.8) is 0 Å². The monoisotopic (exact) mass is 345 g/mol. The summed E-state index contributed by atoms with van der Waals surface area (Å²) in [4.78, 5) is 16.9. The lowest BCUT2D eigenvalue weighted by Crippen LogP contribution is -2.19. The number of hydrogen-bond acceptors (Lipinski definition) is 4. The topological polar surface area (TPSA) is 83.1 Å². The largest absolute Gasteiger partial charge is 0.329 e. The Morgan fingerprint density at radius 2 is 1.92 bits per heavy atom. The van der Waals surface area contributed by atoms with Crippen LogP contribution in [0.4, 0.5) is 0 Å². The molecule has 0 atom stereocenters. The van der Waals surface area contributed by atoms with Crippen LogP contribution >= 0.6 is 0 Å². The second-order valence-electron chi connectivity index (χ2n) is 5.93.